The number of hydrogen-bond donors (Lipinski definition) is 3. The van der Waals surface area contributed by atoms with Crippen LogP contribution < -0.4 is 5.32 Å². The zero-order chi connectivity index (χ0) is 17.7. The van der Waals surface area contributed by atoms with Gasteiger partial charge in [0.1, 0.15) is 18.2 Å². The van der Waals surface area contributed by atoms with Crippen molar-refractivity contribution in [2.75, 3.05) is 7.11 Å². The molecule has 0 spiro atoms. The van der Waals surface area contributed by atoms with Crippen LogP contribution in [0, 0.1) is 0 Å². The first-order chi connectivity index (χ1) is 11.4. The highest BCUT2D eigenvalue weighted by Crippen LogP contribution is 2.24. The van der Waals surface area contributed by atoms with E-state index in [1.54, 1.807) is 0 Å². The van der Waals surface area contributed by atoms with Crippen molar-refractivity contribution in [2.24, 2.45) is 0 Å². The van der Waals surface area contributed by atoms with E-state index in [0.29, 0.717) is 0 Å². The summed E-state index contributed by atoms with van der Waals surface area (Å²) in [5.41, 5.74) is 0.845. The third kappa shape index (κ3) is 4.30. The maximum absolute atomic E-state index is 11.7. The van der Waals surface area contributed by atoms with E-state index in [1.807, 2.05) is 30.3 Å². The molecule has 0 saturated carbocycles. The molecule has 1 aromatic rings. The van der Waals surface area contributed by atoms with Crippen LogP contribution in [0.25, 0.3) is 0 Å². The SMILES string of the molecule is COC(=O)[C@H]1O[C@H](OCc2ccccc2)[C@H](NC(C)=O)[C@@H](O)[C@@H]1O. The van der Waals surface area contributed by atoms with Gasteiger partial charge in [0.05, 0.1) is 13.7 Å². The molecule has 1 heterocycles. The Hall–Kier alpha value is -2.00. The van der Waals surface area contributed by atoms with Gasteiger partial charge in [-0.15, -0.1) is 0 Å². The molecular weight excluding hydrogens is 318 g/mol. The number of ether oxygens (including phenoxy) is 3. The largest absolute Gasteiger partial charge is 0.467 e. The molecule has 132 valence electrons. The summed E-state index contributed by atoms with van der Waals surface area (Å²) in [6.45, 7) is 1.40. The minimum atomic E-state index is -1.55. The van der Waals surface area contributed by atoms with Crippen LogP contribution >= 0.6 is 0 Å². The lowest BCUT2D eigenvalue weighted by Gasteiger charge is -2.41. The number of hydrogen-bond acceptors (Lipinski definition) is 7. The molecule has 0 aromatic heterocycles. The molecule has 24 heavy (non-hydrogen) atoms. The quantitative estimate of drug-likeness (QED) is 0.609. The lowest BCUT2D eigenvalue weighted by molar-refractivity contribution is -0.268. The number of rotatable bonds is 5. The second kappa shape index (κ2) is 8.20. The maximum atomic E-state index is 11.7. The third-order valence-electron chi connectivity index (χ3n) is 3.66. The highest BCUT2D eigenvalue weighted by atomic mass is 16.7. The fourth-order valence-corrected chi connectivity index (χ4v) is 2.46. The highest BCUT2D eigenvalue weighted by molar-refractivity contribution is 5.76. The number of esters is 1. The molecule has 1 aliphatic heterocycles. The average Bonchev–Trinajstić information content (AvgIpc) is 2.58. The van der Waals surface area contributed by atoms with Crippen molar-refractivity contribution < 1.29 is 34.0 Å². The molecule has 5 atom stereocenters. The standard InChI is InChI=1S/C16H21NO7/c1-9(18)17-11-12(19)13(20)14(15(21)22-2)24-16(11)23-8-10-6-4-3-5-7-10/h3-7,11-14,16,19-20H,8H2,1-2H3,(H,17,18)/t11-,12-,13+,14+,16+/m1/s1. The van der Waals surface area contributed by atoms with Crippen molar-refractivity contribution in [1.29, 1.82) is 0 Å². The Morgan fingerprint density at radius 1 is 1.21 bits per heavy atom. The molecule has 8 nitrogen and oxygen atoms in total. The topological polar surface area (TPSA) is 114 Å². The number of amides is 1. The molecule has 1 aromatic carbocycles. The smallest absolute Gasteiger partial charge is 0.337 e. The summed E-state index contributed by atoms with van der Waals surface area (Å²) < 4.78 is 15.6. The lowest BCUT2D eigenvalue weighted by Crippen LogP contribution is -2.65. The maximum Gasteiger partial charge on any atom is 0.337 e. The monoisotopic (exact) mass is 339 g/mol. The molecule has 8 heteroatoms. The Morgan fingerprint density at radius 2 is 1.88 bits per heavy atom. The summed E-state index contributed by atoms with van der Waals surface area (Å²) in [4.78, 5) is 23.1. The molecular formula is C16H21NO7. The Labute approximate surface area is 139 Å². The minimum Gasteiger partial charge on any atom is -0.467 e. The van der Waals surface area contributed by atoms with Crippen LogP contribution in [0.15, 0.2) is 30.3 Å². The zero-order valence-corrected chi connectivity index (χ0v) is 13.4. The van der Waals surface area contributed by atoms with Gasteiger partial charge in [-0.05, 0) is 5.56 Å². The van der Waals surface area contributed by atoms with E-state index < -0.39 is 42.5 Å². The van der Waals surface area contributed by atoms with Gasteiger partial charge in [-0.3, -0.25) is 4.79 Å². The summed E-state index contributed by atoms with van der Waals surface area (Å²) in [5, 5.41) is 22.8. The van der Waals surface area contributed by atoms with Gasteiger partial charge in [0.25, 0.3) is 0 Å². The Kier molecular flexibility index (Phi) is 6.27. The number of carbonyl (C=O) groups is 2. The van der Waals surface area contributed by atoms with Crippen molar-refractivity contribution in [3.63, 3.8) is 0 Å². The predicted octanol–water partition coefficient (Wildman–Crippen LogP) is -0.672. The van der Waals surface area contributed by atoms with Gasteiger partial charge in [-0.1, -0.05) is 30.3 Å². The highest BCUT2D eigenvalue weighted by Gasteiger charge is 2.48. The number of aliphatic hydroxyl groups is 2. The van der Waals surface area contributed by atoms with E-state index >= 15 is 0 Å². The first-order valence-electron chi connectivity index (χ1n) is 7.46. The summed E-state index contributed by atoms with van der Waals surface area (Å²) in [5.74, 6) is -1.27. The zero-order valence-electron chi connectivity index (χ0n) is 13.4. The molecule has 3 N–H and O–H groups in total. The van der Waals surface area contributed by atoms with E-state index in [9.17, 15) is 19.8 Å². The Morgan fingerprint density at radius 3 is 2.46 bits per heavy atom. The summed E-state index contributed by atoms with van der Waals surface area (Å²) in [7, 11) is 1.14. The van der Waals surface area contributed by atoms with Crippen LogP contribution in [0.3, 0.4) is 0 Å². The summed E-state index contributed by atoms with van der Waals surface area (Å²) in [6, 6.07) is 8.16. The van der Waals surface area contributed by atoms with Crippen molar-refractivity contribution in [3.8, 4) is 0 Å². The van der Waals surface area contributed by atoms with Crippen LogP contribution in [0.1, 0.15) is 12.5 Å². The molecule has 1 saturated heterocycles. The number of carbonyl (C=O) groups excluding carboxylic acids is 2. The average molecular weight is 339 g/mol. The first kappa shape index (κ1) is 18.3. The van der Waals surface area contributed by atoms with E-state index in [1.165, 1.54) is 6.92 Å². The Bertz CT molecular complexity index is 565. The van der Waals surface area contributed by atoms with Gasteiger partial charge in [0, 0.05) is 6.92 Å². The minimum absolute atomic E-state index is 0.137. The van der Waals surface area contributed by atoms with Gasteiger partial charge in [0.15, 0.2) is 12.4 Å². The van der Waals surface area contributed by atoms with E-state index in [0.717, 1.165) is 12.7 Å². The number of methoxy groups -OCH3 is 1. The second-order valence-electron chi connectivity index (χ2n) is 5.45. The molecule has 0 radical (unpaired) electrons. The fourth-order valence-electron chi connectivity index (χ4n) is 2.46. The molecule has 1 aliphatic rings. The normalized spacial score (nSPS) is 29.8. The van der Waals surface area contributed by atoms with Gasteiger partial charge < -0.3 is 29.7 Å². The molecule has 0 bridgehead atoms. The lowest BCUT2D eigenvalue weighted by atomic mass is 9.96. The van der Waals surface area contributed by atoms with Crippen LogP contribution in [0.5, 0.6) is 0 Å². The van der Waals surface area contributed by atoms with Crippen molar-refractivity contribution in [3.05, 3.63) is 35.9 Å². The Balaban J connectivity index is 2.14. The van der Waals surface area contributed by atoms with Gasteiger partial charge in [0.2, 0.25) is 5.91 Å². The second-order valence-corrected chi connectivity index (χ2v) is 5.45. The van der Waals surface area contributed by atoms with Crippen LogP contribution in [-0.4, -0.2) is 59.8 Å². The van der Waals surface area contributed by atoms with E-state index in [2.05, 4.69) is 10.1 Å². The molecule has 2 rings (SSSR count). The number of aliphatic hydroxyl groups excluding tert-OH is 2. The molecule has 0 aliphatic carbocycles. The van der Waals surface area contributed by atoms with Crippen LogP contribution in [0.2, 0.25) is 0 Å². The number of nitrogens with one attached hydrogen (secondary N) is 1. The van der Waals surface area contributed by atoms with Crippen molar-refractivity contribution in [1.82, 2.24) is 5.32 Å². The summed E-state index contributed by atoms with van der Waals surface area (Å²) in [6.07, 6.45) is -5.54. The van der Waals surface area contributed by atoms with Crippen molar-refractivity contribution in [2.45, 2.75) is 44.2 Å². The summed E-state index contributed by atoms with van der Waals surface area (Å²) >= 11 is 0. The van der Waals surface area contributed by atoms with Crippen molar-refractivity contribution >= 4 is 11.9 Å². The van der Waals surface area contributed by atoms with Crippen LogP contribution in [0.4, 0.5) is 0 Å². The fraction of sp³-hybridized carbons (Fsp3) is 0.500. The molecule has 1 fully saturated rings. The molecule has 1 amide bonds. The van der Waals surface area contributed by atoms with E-state index in [4.69, 9.17) is 9.47 Å². The molecule has 0 unspecified atom stereocenters. The van der Waals surface area contributed by atoms with E-state index in [-0.39, 0.29) is 6.61 Å². The van der Waals surface area contributed by atoms with Gasteiger partial charge in [-0.25, -0.2) is 4.79 Å². The van der Waals surface area contributed by atoms with Crippen LogP contribution in [-0.2, 0) is 30.4 Å². The van der Waals surface area contributed by atoms with Gasteiger partial charge >= 0.3 is 5.97 Å². The predicted molar refractivity (Wildman–Crippen MR) is 81.5 cm³/mol. The number of benzene rings is 1. The van der Waals surface area contributed by atoms with Gasteiger partial charge in [-0.2, -0.15) is 0 Å². The third-order valence-corrected chi connectivity index (χ3v) is 3.66. The first-order valence-corrected chi connectivity index (χ1v) is 7.46.